The van der Waals surface area contributed by atoms with Crippen molar-refractivity contribution < 1.29 is 24.2 Å². The van der Waals surface area contributed by atoms with E-state index < -0.39 is 35.7 Å². The van der Waals surface area contributed by atoms with Crippen LogP contribution in [0, 0.1) is 0 Å². The van der Waals surface area contributed by atoms with Crippen LogP contribution in [0.25, 0.3) is 0 Å². The third-order valence-electron chi connectivity index (χ3n) is 3.52. The third kappa shape index (κ3) is 9.33. The van der Waals surface area contributed by atoms with Crippen LogP contribution in [0.2, 0.25) is 0 Å². The molecule has 1 aromatic rings. The molecule has 2 amide bonds. The van der Waals surface area contributed by atoms with Crippen LogP contribution in [0.3, 0.4) is 0 Å². The number of nitrogens with one attached hydrogen (secondary N) is 2. The highest BCUT2D eigenvalue weighted by atomic mass is 32.2. The van der Waals surface area contributed by atoms with Crippen LogP contribution in [0.5, 0.6) is 0 Å². The van der Waals surface area contributed by atoms with Gasteiger partial charge in [-0.15, -0.1) is 0 Å². The smallest absolute Gasteiger partial charge is 0.408 e. The molecule has 0 aliphatic rings. The first-order valence-electron chi connectivity index (χ1n) is 8.68. The van der Waals surface area contributed by atoms with E-state index in [2.05, 4.69) is 10.6 Å². The number of alkyl carbamates (subject to hydrolysis) is 1. The molecule has 0 fully saturated rings. The molecule has 7 nitrogen and oxygen atoms in total. The molecular formula is C19H28N2O5S. The molecule has 1 rings (SSSR count). The highest BCUT2D eigenvalue weighted by molar-refractivity contribution is 7.98. The first-order chi connectivity index (χ1) is 12.6. The minimum absolute atomic E-state index is 0.223. The first-order valence-corrected chi connectivity index (χ1v) is 10.1. The van der Waals surface area contributed by atoms with E-state index in [1.165, 1.54) is 11.8 Å². The fourth-order valence-electron chi connectivity index (χ4n) is 2.27. The topological polar surface area (TPSA) is 105 Å². The van der Waals surface area contributed by atoms with Gasteiger partial charge in [0.25, 0.3) is 0 Å². The SMILES string of the molecule is CSCC[C@H](NC(=O)[C@H](Cc1ccccc1)NC(=O)OC(C)(C)C)C(=O)O. The van der Waals surface area contributed by atoms with Gasteiger partial charge >= 0.3 is 12.1 Å². The number of amides is 2. The molecule has 1 aromatic carbocycles. The summed E-state index contributed by atoms with van der Waals surface area (Å²) in [6.45, 7) is 5.17. The molecule has 8 heteroatoms. The van der Waals surface area contributed by atoms with Gasteiger partial charge in [0.05, 0.1) is 0 Å². The Morgan fingerprint density at radius 3 is 2.26 bits per heavy atom. The number of ether oxygens (including phenoxy) is 1. The van der Waals surface area contributed by atoms with Crippen molar-refractivity contribution >= 4 is 29.7 Å². The second-order valence-electron chi connectivity index (χ2n) is 7.07. The number of carboxylic acid groups (broad SMARTS) is 1. The Morgan fingerprint density at radius 1 is 1.11 bits per heavy atom. The number of carbonyl (C=O) groups excluding carboxylic acids is 2. The van der Waals surface area contributed by atoms with Crippen LogP contribution in [-0.4, -0.2) is 52.8 Å². The van der Waals surface area contributed by atoms with Crippen LogP contribution >= 0.6 is 11.8 Å². The Balaban J connectivity index is 2.89. The van der Waals surface area contributed by atoms with Gasteiger partial charge in [0.15, 0.2) is 0 Å². The molecule has 0 heterocycles. The van der Waals surface area contributed by atoms with E-state index in [1.807, 2.05) is 36.6 Å². The van der Waals surface area contributed by atoms with Crippen molar-refractivity contribution in [1.29, 1.82) is 0 Å². The number of hydrogen-bond donors (Lipinski definition) is 3. The van der Waals surface area contributed by atoms with Gasteiger partial charge in [0, 0.05) is 6.42 Å². The van der Waals surface area contributed by atoms with Gasteiger partial charge in [0.2, 0.25) is 5.91 Å². The van der Waals surface area contributed by atoms with Crippen LogP contribution in [-0.2, 0) is 20.7 Å². The van der Waals surface area contributed by atoms with Crippen LogP contribution in [0.4, 0.5) is 4.79 Å². The Morgan fingerprint density at radius 2 is 1.74 bits per heavy atom. The van der Waals surface area contributed by atoms with Crippen LogP contribution in [0.1, 0.15) is 32.8 Å². The molecule has 0 bridgehead atoms. The average molecular weight is 397 g/mol. The molecule has 27 heavy (non-hydrogen) atoms. The van der Waals surface area contributed by atoms with Crippen molar-refractivity contribution in [3.05, 3.63) is 35.9 Å². The van der Waals surface area contributed by atoms with Crippen molar-refractivity contribution in [2.45, 2.75) is 51.3 Å². The summed E-state index contributed by atoms with van der Waals surface area (Å²) in [6, 6.07) is 7.22. The maximum atomic E-state index is 12.7. The number of carboxylic acids is 1. The van der Waals surface area contributed by atoms with Crippen molar-refractivity contribution in [1.82, 2.24) is 10.6 Å². The monoisotopic (exact) mass is 396 g/mol. The van der Waals surface area contributed by atoms with Crippen LogP contribution in [0.15, 0.2) is 30.3 Å². The van der Waals surface area contributed by atoms with Crippen molar-refractivity contribution in [2.75, 3.05) is 12.0 Å². The number of aliphatic carboxylic acids is 1. The number of thioether (sulfide) groups is 1. The quantitative estimate of drug-likeness (QED) is 0.592. The van der Waals surface area contributed by atoms with Gasteiger partial charge in [-0.3, -0.25) is 4.79 Å². The van der Waals surface area contributed by atoms with Crippen molar-refractivity contribution in [3.8, 4) is 0 Å². The third-order valence-corrected chi connectivity index (χ3v) is 4.16. The lowest BCUT2D eigenvalue weighted by Crippen LogP contribution is -2.53. The number of hydrogen-bond acceptors (Lipinski definition) is 5. The second-order valence-corrected chi connectivity index (χ2v) is 8.06. The van der Waals surface area contributed by atoms with Crippen molar-refractivity contribution in [3.63, 3.8) is 0 Å². The molecule has 0 radical (unpaired) electrons. The maximum absolute atomic E-state index is 12.7. The molecule has 2 atom stereocenters. The Kier molecular flexibility index (Phi) is 9.14. The first kappa shape index (κ1) is 22.8. The van der Waals surface area contributed by atoms with E-state index in [1.54, 1.807) is 20.8 Å². The molecule has 0 spiro atoms. The van der Waals surface area contributed by atoms with Gasteiger partial charge in [0.1, 0.15) is 17.7 Å². The van der Waals surface area contributed by atoms with E-state index in [-0.39, 0.29) is 6.42 Å². The summed E-state index contributed by atoms with van der Waals surface area (Å²) in [5, 5.41) is 14.4. The van der Waals surface area contributed by atoms with Crippen molar-refractivity contribution in [2.24, 2.45) is 0 Å². The van der Waals surface area contributed by atoms with E-state index in [9.17, 15) is 19.5 Å². The lowest BCUT2D eigenvalue weighted by atomic mass is 10.0. The van der Waals surface area contributed by atoms with Gasteiger partial charge in [-0.2, -0.15) is 11.8 Å². The van der Waals surface area contributed by atoms with E-state index in [0.29, 0.717) is 12.2 Å². The minimum Gasteiger partial charge on any atom is -0.480 e. The summed E-state index contributed by atoms with van der Waals surface area (Å²) in [5.74, 6) is -1.06. The summed E-state index contributed by atoms with van der Waals surface area (Å²) in [4.78, 5) is 36.2. The molecule has 0 saturated carbocycles. The predicted molar refractivity (Wildman–Crippen MR) is 106 cm³/mol. The van der Waals surface area contributed by atoms with Gasteiger partial charge in [-0.1, -0.05) is 30.3 Å². The zero-order chi connectivity index (χ0) is 20.4. The zero-order valence-electron chi connectivity index (χ0n) is 16.2. The molecule has 150 valence electrons. The zero-order valence-corrected chi connectivity index (χ0v) is 17.0. The lowest BCUT2D eigenvalue weighted by Gasteiger charge is -2.24. The molecule has 0 aliphatic heterocycles. The Labute approximate surface area is 164 Å². The van der Waals surface area contributed by atoms with E-state index in [4.69, 9.17) is 4.74 Å². The number of rotatable bonds is 9. The number of benzene rings is 1. The minimum atomic E-state index is -1.10. The summed E-state index contributed by atoms with van der Waals surface area (Å²) < 4.78 is 5.22. The van der Waals surface area contributed by atoms with E-state index in [0.717, 1.165) is 5.56 Å². The Hall–Kier alpha value is -2.22. The lowest BCUT2D eigenvalue weighted by molar-refractivity contribution is -0.142. The summed E-state index contributed by atoms with van der Waals surface area (Å²) in [7, 11) is 0. The molecule has 3 N–H and O–H groups in total. The Bertz CT molecular complexity index is 631. The largest absolute Gasteiger partial charge is 0.480 e. The highest BCUT2D eigenvalue weighted by Crippen LogP contribution is 2.09. The molecule has 0 saturated heterocycles. The molecule has 0 aliphatic carbocycles. The highest BCUT2D eigenvalue weighted by Gasteiger charge is 2.28. The second kappa shape index (κ2) is 10.8. The standard InChI is InChI=1S/C19H28N2O5S/c1-19(2,3)26-18(25)21-15(12-13-8-6-5-7-9-13)16(22)20-14(17(23)24)10-11-27-4/h5-9,14-15H,10-12H2,1-4H3,(H,20,22)(H,21,25)(H,23,24)/t14-,15-/m0/s1. The van der Waals surface area contributed by atoms with Gasteiger partial charge in [-0.25, -0.2) is 9.59 Å². The fraction of sp³-hybridized carbons (Fsp3) is 0.526. The molecule has 0 aromatic heterocycles. The summed E-state index contributed by atoms with van der Waals surface area (Å²) in [5.41, 5.74) is 0.129. The normalized spacial score (nSPS) is 13.3. The molecule has 0 unspecified atom stereocenters. The fourth-order valence-corrected chi connectivity index (χ4v) is 2.75. The van der Waals surface area contributed by atoms with Gasteiger partial charge in [-0.05, 0) is 44.8 Å². The predicted octanol–water partition coefficient (Wildman–Crippen LogP) is 2.44. The summed E-state index contributed by atoms with van der Waals surface area (Å²) in [6.07, 6.45) is 1.66. The molecular weight excluding hydrogens is 368 g/mol. The number of carbonyl (C=O) groups is 3. The average Bonchev–Trinajstić information content (AvgIpc) is 2.56. The maximum Gasteiger partial charge on any atom is 0.408 e. The summed E-state index contributed by atoms with van der Waals surface area (Å²) >= 11 is 1.50. The van der Waals surface area contributed by atoms with E-state index >= 15 is 0 Å². The van der Waals surface area contributed by atoms with Gasteiger partial charge < -0.3 is 20.5 Å². The van der Waals surface area contributed by atoms with Crippen LogP contribution < -0.4 is 10.6 Å².